The summed E-state index contributed by atoms with van der Waals surface area (Å²) in [4.78, 5) is 16.1. The molecule has 148 valence electrons. The molecule has 0 amide bonds. The zero-order valence-electron chi connectivity index (χ0n) is 16.3. The van der Waals surface area contributed by atoms with Crippen LogP contribution in [-0.4, -0.2) is 44.3 Å². The van der Waals surface area contributed by atoms with Crippen LogP contribution in [0.2, 0.25) is 0 Å². The second kappa shape index (κ2) is 11.8. The molecular formula is C18H30IN3O4. The topological polar surface area (TPSA) is 81.2 Å². The molecule has 0 aromatic heterocycles. The molecule has 0 aliphatic carbocycles. The van der Waals surface area contributed by atoms with Gasteiger partial charge in [0, 0.05) is 18.3 Å². The van der Waals surface area contributed by atoms with Crippen LogP contribution in [0.4, 0.5) is 5.69 Å². The standard InChI is InChI=1S/C18H29N3O4.HI/c1-7-19-17(20-12-16(22)25-18(3,4)5)21-13-9-10-14(23-6)15(11-13)24-8-2;/h9-11H,7-8,12H2,1-6H3,(H2,19,20,21);1H. The predicted molar refractivity (Wildman–Crippen MR) is 115 cm³/mol. The van der Waals surface area contributed by atoms with Crippen molar-refractivity contribution in [2.75, 3.05) is 32.1 Å². The van der Waals surface area contributed by atoms with Crippen LogP contribution >= 0.6 is 24.0 Å². The van der Waals surface area contributed by atoms with E-state index in [1.54, 1.807) is 7.11 Å². The maximum absolute atomic E-state index is 11.8. The normalized spacial score (nSPS) is 11.2. The summed E-state index contributed by atoms with van der Waals surface area (Å²) >= 11 is 0. The Balaban J connectivity index is 0.00000625. The third-order valence-electron chi connectivity index (χ3n) is 2.86. The molecular weight excluding hydrogens is 449 g/mol. The Labute approximate surface area is 172 Å². The zero-order valence-corrected chi connectivity index (χ0v) is 18.7. The van der Waals surface area contributed by atoms with Gasteiger partial charge in [-0.05, 0) is 46.8 Å². The summed E-state index contributed by atoms with van der Waals surface area (Å²) in [6.07, 6.45) is 0. The number of methoxy groups -OCH3 is 1. The van der Waals surface area contributed by atoms with Crippen LogP contribution in [0.15, 0.2) is 23.2 Å². The molecule has 0 bridgehead atoms. The number of nitrogens with one attached hydrogen (secondary N) is 2. The van der Waals surface area contributed by atoms with Crippen molar-refractivity contribution in [2.45, 2.75) is 40.2 Å². The SMILES string of the molecule is CCNC(=NCC(=O)OC(C)(C)C)Nc1ccc(OC)c(OCC)c1.I. The second-order valence-corrected chi connectivity index (χ2v) is 6.21. The van der Waals surface area contributed by atoms with E-state index in [0.717, 1.165) is 5.69 Å². The van der Waals surface area contributed by atoms with Crippen molar-refractivity contribution >= 4 is 41.6 Å². The first kappa shape index (κ1) is 24.3. The summed E-state index contributed by atoms with van der Waals surface area (Å²) in [7, 11) is 1.59. The van der Waals surface area contributed by atoms with E-state index in [1.807, 2.05) is 52.8 Å². The van der Waals surface area contributed by atoms with Crippen LogP contribution in [0.1, 0.15) is 34.6 Å². The summed E-state index contributed by atoms with van der Waals surface area (Å²) in [5.41, 5.74) is 0.244. The molecule has 0 heterocycles. The fourth-order valence-electron chi connectivity index (χ4n) is 1.98. The van der Waals surface area contributed by atoms with E-state index in [4.69, 9.17) is 14.2 Å². The Bertz CT molecular complexity index is 601. The Morgan fingerprint density at radius 1 is 1.19 bits per heavy atom. The Kier molecular flexibility index (Phi) is 11.0. The van der Waals surface area contributed by atoms with Crippen molar-refractivity contribution < 1.29 is 19.0 Å². The van der Waals surface area contributed by atoms with Gasteiger partial charge in [0.1, 0.15) is 12.1 Å². The van der Waals surface area contributed by atoms with Gasteiger partial charge in [-0.3, -0.25) is 4.79 Å². The Morgan fingerprint density at radius 3 is 2.42 bits per heavy atom. The maximum atomic E-state index is 11.8. The molecule has 1 aromatic rings. The highest BCUT2D eigenvalue weighted by Crippen LogP contribution is 2.30. The molecule has 0 saturated carbocycles. The maximum Gasteiger partial charge on any atom is 0.328 e. The summed E-state index contributed by atoms with van der Waals surface area (Å²) < 4.78 is 16.1. The lowest BCUT2D eigenvalue weighted by molar-refractivity contribution is -0.152. The van der Waals surface area contributed by atoms with Gasteiger partial charge in [-0.1, -0.05) is 0 Å². The van der Waals surface area contributed by atoms with Gasteiger partial charge < -0.3 is 24.8 Å². The summed E-state index contributed by atoms with van der Waals surface area (Å²) in [6, 6.07) is 5.48. The smallest absolute Gasteiger partial charge is 0.328 e. The molecule has 0 fully saturated rings. The molecule has 1 aromatic carbocycles. The molecule has 2 N–H and O–H groups in total. The molecule has 0 saturated heterocycles. The fourth-order valence-corrected chi connectivity index (χ4v) is 1.98. The lowest BCUT2D eigenvalue weighted by atomic mass is 10.2. The van der Waals surface area contributed by atoms with Crippen molar-refractivity contribution in [1.82, 2.24) is 5.32 Å². The fraction of sp³-hybridized carbons (Fsp3) is 0.556. The second-order valence-electron chi connectivity index (χ2n) is 6.21. The number of aliphatic imine (C=N–C) groups is 1. The number of hydrogen-bond donors (Lipinski definition) is 2. The van der Waals surface area contributed by atoms with E-state index in [1.165, 1.54) is 0 Å². The minimum atomic E-state index is -0.527. The number of halogens is 1. The van der Waals surface area contributed by atoms with Gasteiger partial charge in [-0.2, -0.15) is 0 Å². The van der Waals surface area contributed by atoms with E-state index >= 15 is 0 Å². The third-order valence-corrected chi connectivity index (χ3v) is 2.86. The lowest BCUT2D eigenvalue weighted by Crippen LogP contribution is -2.32. The Hall–Kier alpha value is -1.71. The quantitative estimate of drug-likeness (QED) is 0.270. The zero-order chi connectivity index (χ0) is 18.9. The number of nitrogens with zero attached hydrogens (tertiary/aromatic N) is 1. The van der Waals surface area contributed by atoms with E-state index in [2.05, 4.69) is 15.6 Å². The van der Waals surface area contributed by atoms with E-state index < -0.39 is 5.60 Å². The molecule has 0 radical (unpaired) electrons. The van der Waals surface area contributed by atoms with E-state index in [-0.39, 0.29) is 36.5 Å². The predicted octanol–water partition coefficient (Wildman–Crippen LogP) is 3.43. The van der Waals surface area contributed by atoms with Crippen LogP contribution in [-0.2, 0) is 9.53 Å². The number of rotatable bonds is 7. The van der Waals surface area contributed by atoms with Gasteiger partial charge in [-0.25, -0.2) is 4.99 Å². The molecule has 26 heavy (non-hydrogen) atoms. The largest absolute Gasteiger partial charge is 0.493 e. The number of guanidine groups is 1. The minimum absolute atomic E-state index is 0. The van der Waals surface area contributed by atoms with Gasteiger partial charge >= 0.3 is 5.97 Å². The average molecular weight is 479 g/mol. The van der Waals surface area contributed by atoms with Crippen molar-refractivity contribution in [1.29, 1.82) is 0 Å². The highest BCUT2D eigenvalue weighted by Gasteiger charge is 2.16. The molecule has 8 heteroatoms. The number of carbonyl (C=O) groups excluding carboxylic acids is 1. The number of benzene rings is 1. The van der Waals surface area contributed by atoms with Crippen LogP contribution in [0.3, 0.4) is 0 Å². The van der Waals surface area contributed by atoms with Crippen molar-refractivity contribution in [2.24, 2.45) is 4.99 Å². The van der Waals surface area contributed by atoms with Gasteiger partial charge in [-0.15, -0.1) is 24.0 Å². The van der Waals surface area contributed by atoms with Gasteiger partial charge in [0.05, 0.1) is 13.7 Å². The van der Waals surface area contributed by atoms with Gasteiger partial charge in [0.2, 0.25) is 0 Å². The first-order valence-electron chi connectivity index (χ1n) is 8.37. The van der Waals surface area contributed by atoms with Crippen molar-refractivity contribution in [3.05, 3.63) is 18.2 Å². The first-order chi connectivity index (χ1) is 11.8. The van der Waals surface area contributed by atoms with E-state index in [9.17, 15) is 4.79 Å². The number of esters is 1. The molecule has 0 aliphatic rings. The molecule has 0 aliphatic heterocycles. The molecule has 0 unspecified atom stereocenters. The Morgan fingerprint density at radius 2 is 1.88 bits per heavy atom. The minimum Gasteiger partial charge on any atom is -0.493 e. The number of anilines is 1. The molecule has 0 spiro atoms. The highest BCUT2D eigenvalue weighted by molar-refractivity contribution is 14.0. The average Bonchev–Trinajstić information content (AvgIpc) is 2.52. The highest BCUT2D eigenvalue weighted by atomic mass is 127. The summed E-state index contributed by atoms with van der Waals surface area (Å²) in [6.45, 7) is 10.5. The summed E-state index contributed by atoms with van der Waals surface area (Å²) in [5.74, 6) is 1.40. The molecule has 7 nitrogen and oxygen atoms in total. The van der Waals surface area contributed by atoms with Crippen molar-refractivity contribution in [3.63, 3.8) is 0 Å². The first-order valence-corrected chi connectivity index (χ1v) is 8.37. The van der Waals surface area contributed by atoms with Crippen molar-refractivity contribution in [3.8, 4) is 11.5 Å². The van der Waals surface area contributed by atoms with Gasteiger partial charge in [0.25, 0.3) is 0 Å². The van der Waals surface area contributed by atoms with Crippen LogP contribution in [0.5, 0.6) is 11.5 Å². The third kappa shape index (κ3) is 9.12. The number of hydrogen-bond acceptors (Lipinski definition) is 5. The molecule has 1 rings (SSSR count). The van der Waals surface area contributed by atoms with Crippen LogP contribution < -0.4 is 20.1 Å². The van der Waals surface area contributed by atoms with Gasteiger partial charge in [0.15, 0.2) is 17.5 Å². The number of ether oxygens (including phenoxy) is 3. The number of carbonyl (C=O) groups is 1. The molecule has 0 atom stereocenters. The van der Waals surface area contributed by atoms with Crippen LogP contribution in [0.25, 0.3) is 0 Å². The summed E-state index contributed by atoms with van der Waals surface area (Å²) in [5, 5.41) is 6.23. The van der Waals surface area contributed by atoms with E-state index in [0.29, 0.717) is 30.6 Å². The monoisotopic (exact) mass is 479 g/mol. The van der Waals surface area contributed by atoms with Crippen LogP contribution in [0, 0.1) is 0 Å². The lowest BCUT2D eigenvalue weighted by Gasteiger charge is -2.19.